The summed E-state index contributed by atoms with van der Waals surface area (Å²) in [7, 11) is 0. The standard InChI is InChI=1S/C18H13BrCl2N2O3S/c19-10-1-3-11(4-2-10)22-16(24)9-27-15-8-17(25)23(18(15)26)12-5-6-13(20)14(21)7-12/h1-7,15H,8-9H2,(H,22,24)/t15-/m0/s1. The third-order valence-corrected chi connectivity index (χ3v) is 6.28. The van der Waals surface area contributed by atoms with Gasteiger partial charge in [0.25, 0.3) is 0 Å². The van der Waals surface area contributed by atoms with Gasteiger partial charge in [-0.3, -0.25) is 14.4 Å². The van der Waals surface area contributed by atoms with Crippen LogP contribution in [0.5, 0.6) is 0 Å². The summed E-state index contributed by atoms with van der Waals surface area (Å²) in [5, 5.41) is 2.75. The minimum absolute atomic E-state index is 0.0370. The van der Waals surface area contributed by atoms with Crippen molar-refractivity contribution in [3.8, 4) is 0 Å². The molecule has 27 heavy (non-hydrogen) atoms. The topological polar surface area (TPSA) is 66.5 Å². The fraction of sp³-hybridized carbons (Fsp3) is 0.167. The van der Waals surface area contributed by atoms with E-state index < -0.39 is 5.25 Å². The lowest BCUT2D eigenvalue weighted by Crippen LogP contribution is -2.31. The zero-order valence-corrected chi connectivity index (χ0v) is 17.7. The summed E-state index contributed by atoms with van der Waals surface area (Å²) in [5.41, 5.74) is 1.04. The van der Waals surface area contributed by atoms with E-state index in [0.29, 0.717) is 16.4 Å². The third-order valence-electron chi connectivity index (χ3n) is 3.81. The molecule has 0 unspecified atom stereocenters. The van der Waals surface area contributed by atoms with Gasteiger partial charge in [0, 0.05) is 16.6 Å². The molecule has 1 saturated heterocycles. The zero-order valence-electron chi connectivity index (χ0n) is 13.7. The van der Waals surface area contributed by atoms with E-state index in [4.69, 9.17) is 23.2 Å². The molecule has 2 aromatic rings. The van der Waals surface area contributed by atoms with Crippen LogP contribution in [0.1, 0.15) is 6.42 Å². The fourth-order valence-electron chi connectivity index (χ4n) is 2.54. The number of benzene rings is 2. The summed E-state index contributed by atoms with van der Waals surface area (Å²) in [6.07, 6.45) is 0.0370. The van der Waals surface area contributed by atoms with Crippen molar-refractivity contribution >= 4 is 80.0 Å². The summed E-state index contributed by atoms with van der Waals surface area (Å²) >= 11 is 16.3. The molecule has 1 N–H and O–H groups in total. The second-order valence-electron chi connectivity index (χ2n) is 5.72. The Morgan fingerprint density at radius 1 is 1.15 bits per heavy atom. The van der Waals surface area contributed by atoms with Gasteiger partial charge < -0.3 is 5.32 Å². The van der Waals surface area contributed by atoms with Gasteiger partial charge in [0.15, 0.2) is 0 Å². The van der Waals surface area contributed by atoms with E-state index >= 15 is 0 Å². The maximum Gasteiger partial charge on any atom is 0.247 e. The molecule has 1 aliphatic heterocycles. The van der Waals surface area contributed by atoms with Gasteiger partial charge in [-0.1, -0.05) is 39.1 Å². The summed E-state index contributed by atoms with van der Waals surface area (Å²) in [6.45, 7) is 0. The molecule has 5 nitrogen and oxygen atoms in total. The average molecular weight is 488 g/mol. The normalized spacial score (nSPS) is 16.7. The van der Waals surface area contributed by atoms with E-state index in [9.17, 15) is 14.4 Å². The molecule has 0 aromatic heterocycles. The van der Waals surface area contributed by atoms with Gasteiger partial charge >= 0.3 is 0 Å². The number of anilines is 2. The number of imide groups is 1. The molecule has 3 amide bonds. The number of carbonyl (C=O) groups is 3. The van der Waals surface area contributed by atoms with Gasteiger partial charge in [-0.15, -0.1) is 11.8 Å². The minimum Gasteiger partial charge on any atom is -0.325 e. The van der Waals surface area contributed by atoms with Gasteiger partial charge in [-0.05, 0) is 42.5 Å². The summed E-state index contributed by atoms with van der Waals surface area (Å²) in [4.78, 5) is 38.0. The van der Waals surface area contributed by atoms with Crippen molar-refractivity contribution in [3.05, 3.63) is 57.0 Å². The first kappa shape index (κ1) is 20.2. The molecule has 0 bridgehead atoms. The van der Waals surface area contributed by atoms with E-state index in [-0.39, 0.29) is 34.9 Å². The van der Waals surface area contributed by atoms with Crippen molar-refractivity contribution in [2.45, 2.75) is 11.7 Å². The molecular formula is C18H13BrCl2N2O3S. The average Bonchev–Trinajstić information content (AvgIpc) is 2.91. The number of amides is 3. The van der Waals surface area contributed by atoms with Crippen molar-refractivity contribution in [1.29, 1.82) is 0 Å². The lowest BCUT2D eigenvalue weighted by atomic mass is 10.3. The maximum atomic E-state index is 12.6. The Hall–Kier alpha value is -1.54. The van der Waals surface area contributed by atoms with E-state index in [2.05, 4.69) is 21.2 Å². The highest BCUT2D eigenvalue weighted by molar-refractivity contribution is 9.10. The van der Waals surface area contributed by atoms with E-state index in [1.54, 1.807) is 18.2 Å². The van der Waals surface area contributed by atoms with Crippen LogP contribution in [0.4, 0.5) is 11.4 Å². The van der Waals surface area contributed by atoms with Gasteiger partial charge in [0.2, 0.25) is 17.7 Å². The minimum atomic E-state index is -0.609. The Morgan fingerprint density at radius 3 is 2.52 bits per heavy atom. The number of halogens is 3. The molecule has 2 aromatic carbocycles. The van der Waals surface area contributed by atoms with Crippen LogP contribution in [-0.2, 0) is 14.4 Å². The van der Waals surface area contributed by atoms with E-state index in [1.807, 2.05) is 12.1 Å². The zero-order chi connectivity index (χ0) is 19.6. The van der Waals surface area contributed by atoms with Crippen LogP contribution in [0.3, 0.4) is 0 Å². The molecule has 1 fully saturated rings. The highest BCUT2D eigenvalue weighted by atomic mass is 79.9. The van der Waals surface area contributed by atoms with Gasteiger partial charge in [-0.2, -0.15) is 0 Å². The predicted molar refractivity (Wildman–Crippen MR) is 113 cm³/mol. The van der Waals surface area contributed by atoms with Crippen molar-refractivity contribution in [1.82, 2.24) is 0 Å². The highest BCUT2D eigenvalue weighted by Crippen LogP contribution is 2.33. The molecular weight excluding hydrogens is 475 g/mol. The number of nitrogens with one attached hydrogen (secondary N) is 1. The van der Waals surface area contributed by atoms with Crippen LogP contribution in [0, 0.1) is 0 Å². The Morgan fingerprint density at radius 2 is 1.85 bits per heavy atom. The second kappa shape index (κ2) is 8.65. The molecule has 1 aliphatic rings. The van der Waals surface area contributed by atoms with Crippen molar-refractivity contribution in [3.63, 3.8) is 0 Å². The Labute approximate surface area is 178 Å². The van der Waals surface area contributed by atoms with Crippen LogP contribution in [0.15, 0.2) is 46.9 Å². The second-order valence-corrected chi connectivity index (χ2v) is 8.65. The van der Waals surface area contributed by atoms with Crippen molar-refractivity contribution in [2.24, 2.45) is 0 Å². The first-order chi connectivity index (χ1) is 12.8. The quantitative estimate of drug-likeness (QED) is 0.617. The molecule has 0 spiro atoms. The molecule has 1 heterocycles. The molecule has 0 saturated carbocycles. The van der Waals surface area contributed by atoms with Crippen LogP contribution in [0.2, 0.25) is 10.0 Å². The fourth-order valence-corrected chi connectivity index (χ4v) is 4.03. The smallest absolute Gasteiger partial charge is 0.247 e. The number of hydrogen-bond acceptors (Lipinski definition) is 4. The Bertz CT molecular complexity index is 908. The van der Waals surface area contributed by atoms with Gasteiger partial charge in [0.1, 0.15) is 0 Å². The summed E-state index contributed by atoms with van der Waals surface area (Å²) in [5.74, 6) is -0.866. The summed E-state index contributed by atoms with van der Waals surface area (Å²) < 4.78 is 0.910. The maximum absolute atomic E-state index is 12.6. The first-order valence-corrected chi connectivity index (χ1v) is 10.4. The first-order valence-electron chi connectivity index (χ1n) is 7.84. The predicted octanol–water partition coefficient (Wildman–Crippen LogP) is 4.76. The Balaban J connectivity index is 1.60. The van der Waals surface area contributed by atoms with Crippen LogP contribution in [-0.4, -0.2) is 28.7 Å². The lowest BCUT2D eigenvalue weighted by Gasteiger charge is -2.15. The van der Waals surface area contributed by atoms with Crippen LogP contribution >= 0.6 is 50.9 Å². The number of thioether (sulfide) groups is 1. The van der Waals surface area contributed by atoms with Gasteiger partial charge in [-0.25, -0.2) is 4.90 Å². The van der Waals surface area contributed by atoms with Crippen LogP contribution in [0.25, 0.3) is 0 Å². The highest BCUT2D eigenvalue weighted by Gasteiger charge is 2.40. The number of carbonyl (C=O) groups excluding carboxylic acids is 3. The molecule has 0 aliphatic carbocycles. The largest absolute Gasteiger partial charge is 0.325 e. The summed E-state index contributed by atoms with van der Waals surface area (Å²) in [6, 6.07) is 11.7. The molecule has 140 valence electrons. The monoisotopic (exact) mass is 486 g/mol. The SMILES string of the molecule is O=C(CS[C@H]1CC(=O)N(c2ccc(Cl)c(Cl)c2)C1=O)Nc1ccc(Br)cc1. The lowest BCUT2D eigenvalue weighted by molar-refractivity contribution is -0.121. The number of rotatable bonds is 5. The van der Waals surface area contributed by atoms with Gasteiger partial charge in [0.05, 0.1) is 26.7 Å². The molecule has 1 atom stereocenters. The van der Waals surface area contributed by atoms with E-state index in [1.165, 1.54) is 12.1 Å². The Kier molecular flexibility index (Phi) is 6.47. The number of hydrogen-bond donors (Lipinski definition) is 1. The molecule has 0 radical (unpaired) electrons. The molecule has 9 heteroatoms. The van der Waals surface area contributed by atoms with E-state index in [0.717, 1.165) is 21.1 Å². The van der Waals surface area contributed by atoms with Crippen molar-refractivity contribution in [2.75, 3.05) is 16.0 Å². The van der Waals surface area contributed by atoms with Crippen LogP contribution < -0.4 is 10.2 Å². The number of nitrogens with zero attached hydrogens (tertiary/aromatic N) is 1. The molecule has 3 rings (SSSR count). The third kappa shape index (κ3) is 4.85. The van der Waals surface area contributed by atoms with Crippen molar-refractivity contribution < 1.29 is 14.4 Å².